The summed E-state index contributed by atoms with van der Waals surface area (Å²) in [6.45, 7) is 1.56. The van der Waals surface area contributed by atoms with E-state index in [1.165, 1.54) is 0 Å². The second-order valence-corrected chi connectivity index (χ2v) is 3.00. The lowest BCUT2D eigenvalue weighted by atomic mass is 10.2. The van der Waals surface area contributed by atoms with E-state index in [0.717, 1.165) is 25.5 Å². The van der Waals surface area contributed by atoms with E-state index in [9.17, 15) is 0 Å². The average Bonchev–Trinajstić information content (AvgIpc) is 2.57. The molecule has 5 nitrogen and oxygen atoms in total. The highest BCUT2D eigenvalue weighted by atomic mass is 16.5. The maximum Gasteiger partial charge on any atom is 0.221 e. The Kier molecular flexibility index (Phi) is 2.27. The summed E-state index contributed by atoms with van der Waals surface area (Å²) in [4.78, 5) is 7.85. The van der Waals surface area contributed by atoms with Crippen molar-refractivity contribution in [3.05, 3.63) is 12.3 Å². The molecule has 1 aliphatic rings. The molecule has 1 unspecified atom stereocenters. The molecule has 3 N–H and O–H groups in total. The fourth-order valence-electron chi connectivity index (χ4n) is 1.31. The van der Waals surface area contributed by atoms with Crippen LogP contribution < -0.4 is 11.1 Å². The minimum atomic E-state index is 0.295. The van der Waals surface area contributed by atoms with Gasteiger partial charge in [-0.3, -0.25) is 0 Å². The summed E-state index contributed by atoms with van der Waals surface area (Å²) in [5, 5.41) is 3.23. The first-order valence-electron chi connectivity index (χ1n) is 4.27. The van der Waals surface area contributed by atoms with Crippen LogP contribution in [-0.4, -0.2) is 29.2 Å². The third-order valence-corrected chi connectivity index (χ3v) is 1.96. The predicted octanol–water partition coefficient (Wildman–Crippen LogP) is 0.260. The number of anilines is 2. The van der Waals surface area contributed by atoms with Crippen molar-refractivity contribution in [1.82, 2.24) is 9.97 Å². The minimum absolute atomic E-state index is 0.295. The zero-order valence-corrected chi connectivity index (χ0v) is 7.23. The molecular formula is C8H12N4O. The van der Waals surface area contributed by atoms with Gasteiger partial charge < -0.3 is 15.8 Å². The molecular weight excluding hydrogens is 168 g/mol. The van der Waals surface area contributed by atoms with Crippen LogP contribution in [0.25, 0.3) is 0 Å². The third-order valence-electron chi connectivity index (χ3n) is 1.96. The maximum absolute atomic E-state index is 5.44. The smallest absolute Gasteiger partial charge is 0.221 e. The molecule has 0 aliphatic carbocycles. The number of hydrogen-bond donors (Lipinski definition) is 2. The van der Waals surface area contributed by atoms with Gasteiger partial charge in [-0.15, -0.1) is 0 Å². The van der Waals surface area contributed by atoms with Crippen LogP contribution in [0, 0.1) is 0 Å². The summed E-state index contributed by atoms with van der Waals surface area (Å²) >= 11 is 0. The zero-order chi connectivity index (χ0) is 9.10. The first-order chi connectivity index (χ1) is 6.34. The quantitative estimate of drug-likeness (QED) is 0.683. The molecule has 1 aromatic rings. The predicted molar refractivity (Wildman–Crippen MR) is 49.3 cm³/mol. The SMILES string of the molecule is Nc1nccc(NC2CCOC2)n1. The van der Waals surface area contributed by atoms with E-state index < -0.39 is 0 Å². The standard InChI is InChI=1S/C8H12N4O/c9-8-10-3-1-7(12-8)11-6-2-4-13-5-6/h1,3,6H,2,4-5H2,(H3,9,10,11,12). The van der Waals surface area contributed by atoms with E-state index in [2.05, 4.69) is 15.3 Å². The van der Waals surface area contributed by atoms with Crippen LogP contribution in [-0.2, 0) is 4.74 Å². The molecule has 2 heterocycles. The van der Waals surface area contributed by atoms with Crippen LogP contribution >= 0.6 is 0 Å². The Labute approximate surface area is 76.3 Å². The van der Waals surface area contributed by atoms with Gasteiger partial charge in [-0.1, -0.05) is 0 Å². The topological polar surface area (TPSA) is 73.1 Å². The molecule has 70 valence electrons. The average molecular weight is 180 g/mol. The number of hydrogen-bond acceptors (Lipinski definition) is 5. The van der Waals surface area contributed by atoms with Gasteiger partial charge in [0.1, 0.15) is 5.82 Å². The number of nitrogens with two attached hydrogens (primary N) is 1. The van der Waals surface area contributed by atoms with Crippen LogP contribution in [0.5, 0.6) is 0 Å². The Balaban J connectivity index is 2.00. The molecule has 1 saturated heterocycles. The van der Waals surface area contributed by atoms with Crippen molar-refractivity contribution in [3.8, 4) is 0 Å². The van der Waals surface area contributed by atoms with Crippen LogP contribution in [0.15, 0.2) is 12.3 Å². The van der Waals surface area contributed by atoms with Gasteiger partial charge in [0.2, 0.25) is 5.95 Å². The van der Waals surface area contributed by atoms with Crippen molar-refractivity contribution < 1.29 is 4.74 Å². The Bertz CT molecular complexity index is 285. The Morgan fingerprint density at radius 3 is 3.23 bits per heavy atom. The molecule has 13 heavy (non-hydrogen) atoms. The molecule has 0 amide bonds. The van der Waals surface area contributed by atoms with Crippen LogP contribution in [0.4, 0.5) is 11.8 Å². The Morgan fingerprint density at radius 1 is 1.62 bits per heavy atom. The summed E-state index contributed by atoms with van der Waals surface area (Å²) in [5.41, 5.74) is 5.44. The molecule has 1 aliphatic heterocycles. The van der Waals surface area contributed by atoms with Gasteiger partial charge in [0, 0.05) is 12.8 Å². The fraction of sp³-hybridized carbons (Fsp3) is 0.500. The molecule has 0 aromatic carbocycles. The monoisotopic (exact) mass is 180 g/mol. The van der Waals surface area contributed by atoms with Gasteiger partial charge in [-0.2, -0.15) is 4.98 Å². The highest BCUT2D eigenvalue weighted by molar-refractivity contribution is 5.38. The minimum Gasteiger partial charge on any atom is -0.379 e. The second kappa shape index (κ2) is 3.57. The van der Waals surface area contributed by atoms with Crippen molar-refractivity contribution in [2.24, 2.45) is 0 Å². The molecule has 0 spiro atoms. The van der Waals surface area contributed by atoms with E-state index in [1.54, 1.807) is 12.3 Å². The first kappa shape index (κ1) is 8.25. The molecule has 1 aromatic heterocycles. The summed E-state index contributed by atoms with van der Waals surface area (Å²) < 4.78 is 5.22. The normalized spacial score (nSPS) is 21.7. The van der Waals surface area contributed by atoms with E-state index in [1.807, 2.05) is 0 Å². The number of nitrogens with one attached hydrogen (secondary N) is 1. The first-order valence-corrected chi connectivity index (χ1v) is 4.27. The van der Waals surface area contributed by atoms with E-state index in [0.29, 0.717) is 12.0 Å². The number of nitrogens with zero attached hydrogens (tertiary/aromatic N) is 2. The largest absolute Gasteiger partial charge is 0.379 e. The van der Waals surface area contributed by atoms with Crippen molar-refractivity contribution >= 4 is 11.8 Å². The van der Waals surface area contributed by atoms with Gasteiger partial charge in [0.05, 0.1) is 12.6 Å². The molecule has 1 atom stereocenters. The second-order valence-electron chi connectivity index (χ2n) is 3.00. The summed E-state index contributed by atoms with van der Waals surface area (Å²) in [7, 11) is 0. The van der Waals surface area contributed by atoms with Crippen molar-refractivity contribution in [2.75, 3.05) is 24.3 Å². The van der Waals surface area contributed by atoms with Crippen molar-refractivity contribution in [2.45, 2.75) is 12.5 Å². The van der Waals surface area contributed by atoms with Gasteiger partial charge >= 0.3 is 0 Å². The molecule has 5 heteroatoms. The van der Waals surface area contributed by atoms with E-state index in [4.69, 9.17) is 10.5 Å². The zero-order valence-electron chi connectivity index (χ0n) is 7.23. The number of nitrogen functional groups attached to an aromatic ring is 1. The van der Waals surface area contributed by atoms with Crippen molar-refractivity contribution in [3.63, 3.8) is 0 Å². The number of aromatic nitrogens is 2. The molecule has 0 saturated carbocycles. The fourth-order valence-corrected chi connectivity index (χ4v) is 1.31. The lowest BCUT2D eigenvalue weighted by Gasteiger charge is -2.10. The summed E-state index contributed by atoms with van der Waals surface area (Å²) in [5.74, 6) is 1.06. The molecule has 0 radical (unpaired) electrons. The van der Waals surface area contributed by atoms with Gasteiger partial charge in [-0.05, 0) is 12.5 Å². The van der Waals surface area contributed by atoms with Crippen LogP contribution in [0.2, 0.25) is 0 Å². The number of rotatable bonds is 2. The van der Waals surface area contributed by atoms with Crippen molar-refractivity contribution in [1.29, 1.82) is 0 Å². The van der Waals surface area contributed by atoms with Crippen LogP contribution in [0.1, 0.15) is 6.42 Å². The Hall–Kier alpha value is -1.36. The third kappa shape index (κ3) is 2.06. The van der Waals surface area contributed by atoms with Crippen LogP contribution in [0.3, 0.4) is 0 Å². The molecule has 2 rings (SSSR count). The van der Waals surface area contributed by atoms with Gasteiger partial charge in [0.15, 0.2) is 0 Å². The highest BCUT2D eigenvalue weighted by Gasteiger charge is 2.15. The van der Waals surface area contributed by atoms with Gasteiger partial charge in [-0.25, -0.2) is 4.98 Å². The molecule has 0 bridgehead atoms. The maximum atomic E-state index is 5.44. The number of ether oxygens (including phenoxy) is 1. The molecule has 1 fully saturated rings. The highest BCUT2D eigenvalue weighted by Crippen LogP contribution is 2.11. The Morgan fingerprint density at radius 2 is 2.54 bits per heavy atom. The lowest BCUT2D eigenvalue weighted by molar-refractivity contribution is 0.195. The van der Waals surface area contributed by atoms with Gasteiger partial charge in [0.25, 0.3) is 0 Å². The summed E-state index contributed by atoms with van der Waals surface area (Å²) in [6.07, 6.45) is 2.66. The lowest BCUT2D eigenvalue weighted by Crippen LogP contribution is -2.19. The summed E-state index contributed by atoms with van der Waals surface area (Å²) in [6, 6.07) is 2.16. The van der Waals surface area contributed by atoms with E-state index >= 15 is 0 Å². The van der Waals surface area contributed by atoms with E-state index in [-0.39, 0.29) is 0 Å².